The Balaban J connectivity index is 1.48. The highest BCUT2D eigenvalue weighted by Gasteiger charge is 2.30. The van der Waals surface area contributed by atoms with Gasteiger partial charge in [0.1, 0.15) is 0 Å². The third-order valence-corrected chi connectivity index (χ3v) is 4.79. The van der Waals surface area contributed by atoms with Gasteiger partial charge in [-0.25, -0.2) is 0 Å². The van der Waals surface area contributed by atoms with Gasteiger partial charge in [-0.3, -0.25) is 19.3 Å². The molecule has 2 aliphatic rings. The lowest BCUT2D eigenvalue weighted by molar-refractivity contribution is -0.155. The van der Waals surface area contributed by atoms with E-state index in [1.54, 1.807) is 21.9 Å². The molecule has 3 amide bonds. The third kappa shape index (κ3) is 4.39. The number of ether oxygens (including phenoxy) is 1. The molecule has 2 N–H and O–H groups in total. The smallest absolute Gasteiger partial charge is 0.312 e. The van der Waals surface area contributed by atoms with Crippen LogP contribution in [0.1, 0.15) is 15.9 Å². The predicted molar refractivity (Wildman–Crippen MR) is 94.2 cm³/mol. The Hall–Kier alpha value is -2.45. The van der Waals surface area contributed by atoms with Crippen LogP contribution < -0.4 is 5.73 Å². The van der Waals surface area contributed by atoms with Crippen LogP contribution in [0, 0.1) is 0 Å². The van der Waals surface area contributed by atoms with Crippen LogP contribution >= 0.6 is 0 Å². The molecule has 0 unspecified atom stereocenters. The summed E-state index contributed by atoms with van der Waals surface area (Å²) in [7, 11) is 0. The van der Waals surface area contributed by atoms with Crippen molar-refractivity contribution in [3.63, 3.8) is 0 Å². The van der Waals surface area contributed by atoms with Crippen molar-refractivity contribution in [3.8, 4) is 0 Å². The first-order valence-electron chi connectivity index (χ1n) is 8.81. The van der Waals surface area contributed by atoms with Gasteiger partial charge in [0.2, 0.25) is 5.91 Å². The summed E-state index contributed by atoms with van der Waals surface area (Å²) in [5.41, 5.74) is 6.82. The molecule has 0 aliphatic carbocycles. The van der Waals surface area contributed by atoms with E-state index in [9.17, 15) is 14.4 Å². The van der Waals surface area contributed by atoms with Gasteiger partial charge in [0.15, 0.2) is 0 Å². The van der Waals surface area contributed by atoms with E-state index in [2.05, 4.69) is 4.90 Å². The molecule has 0 spiro atoms. The number of morpholine rings is 1. The molecule has 26 heavy (non-hydrogen) atoms. The van der Waals surface area contributed by atoms with Crippen LogP contribution in [-0.4, -0.2) is 84.9 Å². The third-order valence-electron chi connectivity index (χ3n) is 4.79. The minimum atomic E-state index is -0.436. The van der Waals surface area contributed by atoms with Gasteiger partial charge >= 0.3 is 11.8 Å². The van der Waals surface area contributed by atoms with Gasteiger partial charge in [0.05, 0.1) is 13.2 Å². The zero-order chi connectivity index (χ0) is 18.5. The quantitative estimate of drug-likeness (QED) is 0.719. The molecule has 2 heterocycles. The number of nitrogens with two attached hydrogens (primary N) is 1. The van der Waals surface area contributed by atoms with Crippen molar-refractivity contribution in [1.29, 1.82) is 0 Å². The Morgan fingerprint density at radius 1 is 0.846 bits per heavy atom. The second-order valence-corrected chi connectivity index (χ2v) is 6.53. The van der Waals surface area contributed by atoms with Crippen molar-refractivity contribution >= 4 is 17.7 Å². The number of hydrogen-bond donors (Lipinski definition) is 1. The second kappa shape index (κ2) is 8.29. The molecule has 0 atom stereocenters. The number of hydrogen-bond acceptors (Lipinski definition) is 5. The van der Waals surface area contributed by atoms with Gasteiger partial charge in [0, 0.05) is 51.4 Å². The van der Waals surface area contributed by atoms with Gasteiger partial charge in [-0.05, 0) is 17.7 Å². The number of amides is 3. The molecule has 0 bridgehead atoms. The van der Waals surface area contributed by atoms with Crippen LogP contribution in [0.25, 0.3) is 0 Å². The Labute approximate surface area is 152 Å². The van der Waals surface area contributed by atoms with Crippen LogP contribution in [-0.2, 0) is 20.9 Å². The number of nitrogens with zero attached hydrogens (tertiary/aromatic N) is 3. The molecule has 2 aliphatic heterocycles. The lowest BCUT2D eigenvalue weighted by atomic mass is 10.1. The zero-order valence-electron chi connectivity index (χ0n) is 14.7. The predicted octanol–water partition coefficient (Wildman–Crippen LogP) is -0.711. The van der Waals surface area contributed by atoms with Crippen molar-refractivity contribution in [1.82, 2.24) is 14.7 Å². The molecule has 8 heteroatoms. The summed E-state index contributed by atoms with van der Waals surface area (Å²) in [5.74, 6) is -1.28. The molecule has 0 aromatic heterocycles. The van der Waals surface area contributed by atoms with Gasteiger partial charge in [-0.2, -0.15) is 0 Å². The number of rotatable bonds is 3. The van der Waals surface area contributed by atoms with E-state index in [1.165, 1.54) is 0 Å². The van der Waals surface area contributed by atoms with Crippen LogP contribution in [0.3, 0.4) is 0 Å². The lowest BCUT2D eigenvalue weighted by Gasteiger charge is -2.35. The summed E-state index contributed by atoms with van der Waals surface area (Å²) in [4.78, 5) is 41.2. The average Bonchev–Trinajstić information content (AvgIpc) is 2.68. The van der Waals surface area contributed by atoms with E-state index in [0.717, 1.165) is 12.1 Å². The molecule has 0 saturated carbocycles. The minimum Gasteiger partial charge on any atom is -0.378 e. The first kappa shape index (κ1) is 18.3. The highest BCUT2D eigenvalue weighted by molar-refractivity contribution is 6.34. The molecule has 8 nitrogen and oxygen atoms in total. The molecule has 1 aromatic carbocycles. The number of piperazine rings is 1. The van der Waals surface area contributed by atoms with E-state index in [4.69, 9.17) is 10.5 Å². The van der Waals surface area contributed by atoms with Crippen LogP contribution in [0.5, 0.6) is 0 Å². The first-order chi connectivity index (χ1) is 12.5. The summed E-state index contributed by atoms with van der Waals surface area (Å²) in [6.45, 7) is 5.15. The largest absolute Gasteiger partial charge is 0.378 e. The van der Waals surface area contributed by atoms with E-state index in [1.807, 2.05) is 12.1 Å². The van der Waals surface area contributed by atoms with Gasteiger partial charge < -0.3 is 20.3 Å². The van der Waals surface area contributed by atoms with Crippen LogP contribution in [0.15, 0.2) is 24.3 Å². The normalized spacial score (nSPS) is 18.6. The molecule has 2 fully saturated rings. The summed E-state index contributed by atoms with van der Waals surface area (Å²) >= 11 is 0. The van der Waals surface area contributed by atoms with E-state index in [0.29, 0.717) is 58.0 Å². The number of primary amides is 1. The Bertz CT molecular complexity index is 662. The Morgan fingerprint density at radius 2 is 1.38 bits per heavy atom. The summed E-state index contributed by atoms with van der Waals surface area (Å²) in [6.07, 6.45) is 0. The topological polar surface area (TPSA) is 96.2 Å². The lowest BCUT2D eigenvalue weighted by Crippen LogP contribution is -2.54. The first-order valence-corrected chi connectivity index (χ1v) is 8.81. The maximum atomic E-state index is 12.4. The van der Waals surface area contributed by atoms with Gasteiger partial charge in [0.25, 0.3) is 0 Å². The van der Waals surface area contributed by atoms with Gasteiger partial charge in [-0.15, -0.1) is 0 Å². The summed E-state index contributed by atoms with van der Waals surface area (Å²) in [6, 6.07) is 7.22. The van der Waals surface area contributed by atoms with Crippen molar-refractivity contribution in [2.45, 2.75) is 6.54 Å². The van der Waals surface area contributed by atoms with Crippen LogP contribution in [0.2, 0.25) is 0 Å². The summed E-state index contributed by atoms with van der Waals surface area (Å²) < 4.78 is 5.22. The van der Waals surface area contributed by atoms with E-state index in [-0.39, 0.29) is 0 Å². The molecule has 0 radical (unpaired) electrons. The SMILES string of the molecule is NC(=O)c1ccc(CN2CCN(C(=O)C(=O)N3CCOCC3)CC2)cc1. The van der Waals surface area contributed by atoms with Crippen molar-refractivity contribution in [2.75, 3.05) is 52.5 Å². The monoisotopic (exact) mass is 360 g/mol. The fraction of sp³-hybridized carbons (Fsp3) is 0.500. The molecule has 1 aromatic rings. The number of carbonyl (C=O) groups is 3. The van der Waals surface area contributed by atoms with Gasteiger partial charge in [-0.1, -0.05) is 12.1 Å². The Morgan fingerprint density at radius 3 is 1.92 bits per heavy atom. The Kier molecular flexibility index (Phi) is 5.85. The zero-order valence-corrected chi connectivity index (χ0v) is 14.7. The van der Waals surface area contributed by atoms with Crippen molar-refractivity contribution in [2.24, 2.45) is 5.73 Å². The fourth-order valence-electron chi connectivity index (χ4n) is 3.18. The molecular weight excluding hydrogens is 336 g/mol. The fourth-order valence-corrected chi connectivity index (χ4v) is 3.18. The maximum absolute atomic E-state index is 12.4. The highest BCUT2D eigenvalue weighted by Crippen LogP contribution is 2.11. The number of benzene rings is 1. The standard InChI is InChI=1S/C18H24N4O4/c19-16(23)15-3-1-14(2-4-15)13-20-5-7-21(8-6-20)17(24)18(25)22-9-11-26-12-10-22/h1-4H,5-13H2,(H2,19,23). The molecule has 140 valence electrons. The molecular formula is C18H24N4O4. The van der Waals surface area contributed by atoms with E-state index >= 15 is 0 Å². The molecule has 3 rings (SSSR count). The highest BCUT2D eigenvalue weighted by atomic mass is 16.5. The molecule has 2 saturated heterocycles. The van der Waals surface area contributed by atoms with E-state index < -0.39 is 17.7 Å². The minimum absolute atomic E-state index is 0.419. The second-order valence-electron chi connectivity index (χ2n) is 6.53. The number of carbonyl (C=O) groups excluding carboxylic acids is 3. The van der Waals surface area contributed by atoms with Crippen LogP contribution in [0.4, 0.5) is 0 Å². The summed E-state index contributed by atoms with van der Waals surface area (Å²) in [5, 5.41) is 0. The van der Waals surface area contributed by atoms with Crippen molar-refractivity contribution in [3.05, 3.63) is 35.4 Å². The average molecular weight is 360 g/mol. The van der Waals surface area contributed by atoms with Crippen molar-refractivity contribution < 1.29 is 19.1 Å². The maximum Gasteiger partial charge on any atom is 0.312 e.